The van der Waals surface area contributed by atoms with Crippen LogP contribution in [0.5, 0.6) is 17.2 Å². The van der Waals surface area contributed by atoms with E-state index >= 15 is 0 Å². The number of imidazole rings is 4. The van der Waals surface area contributed by atoms with Gasteiger partial charge in [-0.3, -0.25) is 0 Å². The minimum absolute atomic E-state index is 0.0162. The van der Waals surface area contributed by atoms with Crippen LogP contribution in [0.25, 0.3) is 89.7 Å². The van der Waals surface area contributed by atoms with Crippen molar-refractivity contribution < 1.29 is 20.1 Å². The van der Waals surface area contributed by atoms with E-state index in [4.69, 9.17) is 4.74 Å². The number of phenolic OH excluding ortho intramolecular Hbond substituents is 2. The van der Waals surface area contributed by atoms with E-state index in [1.807, 2.05) is 84.9 Å². The zero-order chi connectivity index (χ0) is 36.8. The second-order valence-electron chi connectivity index (χ2n) is 12.8. The summed E-state index contributed by atoms with van der Waals surface area (Å²) in [6, 6.07) is 37.6. The van der Waals surface area contributed by atoms with Crippen LogP contribution in [0.3, 0.4) is 0 Å². The highest BCUT2D eigenvalue weighted by atomic mass is 16.5. The second kappa shape index (κ2) is 13.3. The number of H-pyrrole nitrogens is 4. The number of fused-ring (bicyclic) bond motifs is 4. The van der Waals surface area contributed by atoms with Gasteiger partial charge in [-0.1, -0.05) is 54.6 Å². The van der Waals surface area contributed by atoms with Crippen LogP contribution in [0.15, 0.2) is 121 Å². The molecule has 0 bridgehead atoms. The summed E-state index contributed by atoms with van der Waals surface area (Å²) in [5.74, 6) is 4.31. The molecule has 0 radical (unpaired) electrons. The van der Waals surface area contributed by atoms with Crippen molar-refractivity contribution in [2.75, 3.05) is 7.11 Å². The number of aromatic nitrogens is 8. The molecule has 10 rings (SSSR count). The number of nitrogens with zero attached hydrogens (tertiary/aromatic N) is 4. The quantitative estimate of drug-likeness (QED) is 0.0895. The minimum atomic E-state index is 0.0162. The lowest BCUT2D eigenvalue weighted by atomic mass is 10.1. The molecule has 0 spiro atoms. The van der Waals surface area contributed by atoms with Gasteiger partial charge < -0.3 is 40.0 Å². The molecule has 54 heavy (non-hydrogen) atoms. The van der Waals surface area contributed by atoms with Gasteiger partial charge in [0, 0.05) is 40.5 Å². The molecule has 7 N–H and O–H groups in total. The van der Waals surface area contributed by atoms with Crippen molar-refractivity contribution in [2.45, 2.75) is 6.61 Å². The molecule has 4 heterocycles. The smallest absolute Gasteiger partial charge is 0.138 e. The lowest BCUT2D eigenvalue weighted by Crippen LogP contribution is -1.83. The number of nitrogens with one attached hydrogen (secondary N) is 4. The number of aliphatic hydroxyl groups excluding tert-OH is 1. The fourth-order valence-electron chi connectivity index (χ4n) is 6.38. The first-order valence-electron chi connectivity index (χ1n) is 17.1. The lowest BCUT2D eigenvalue weighted by molar-refractivity contribution is 0.282. The third-order valence-corrected chi connectivity index (χ3v) is 9.21. The Kier molecular flexibility index (Phi) is 7.98. The molecule has 12 heteroatoms. The number of rotatable bonds is 6. The topological polar surface area (TPSA) is 185 Å². The van der Waals surface area contributed by atoms with E-state index in [0.717, 1.165) is 101 Å². The average Bonchev–Trinajstić information content (AvgIpc) is 4.01. The summed E-state index contributed by atoms with van der Waals surface area (Å²) in [5.41, 5.74) is 11.6. The fourth-order valence-corrected chi connectivity index (χ4v) is 6.38. The Morgan fingerprint density at radius 2 is 0.796 bits per heavy atom. The summed E-state index contributed by atoms with van der Waals surface area (Å²) in [4.78, 5) is 31.5. The fraction of sp³-hybridized carbons (Fsp3) is 0.0476. The van der Waals surface area contributed by atoms with Gasteiger partial charge in [0.25, 0.3) is 0 Å². The minimum Gasteiger partial charge on any atom is -0.508 e. The Bertz CT molecular complexity index is 2740. The van der Waals surface area contributed by atoms with Crippen molar-refractivity contribution in [1.29, 1.82) is 0 Å². The van der Waals surface area contributed by atoms with Gasteiger partial charge in [0.15, 0.2) is 0 Å². The van der Waals surface area contributed by atoms with Crippen molar-refractivity contribution in [3.63, 3.8) is 0 Å². The maximum atomic E-state index is 9.58. The van der Waals surface area contributed by atoms with Gasteiger partial charge >= 0.3 is 0 Å². The maximum Gasteiger partial charge on any atom is 0.138 e. The molecule has 0 fully saturated rings. The SMILES string of the molecule is COc1ccc2nc(-c3ccc(-c4nc5ccc(CO)cc5[nH]4)cc3)[nH]c2c1.Oc1ccc2nc(-c3ccc(-c4nc5ccc(O)cc5[nH]4)cc3)[nH]c2c1. The number of aromatic hydroxyl groups is 2. The van der Waals surface area contributed by atoms with Crippen LogP contribution in [-0.4, -0.2) is 62.3 Å². The summed E-state index contributed by atoms with van der Waals surface area (Å²) in [6.07, 6.45) is 0. The Morgan fingerprint density at radius 3 is 1.19 bits per heavy atom. The van der Waals surface area contributed by atoms with Gasteiger partial charge in [-0.2, -0.15) is 0 Å². The van der Waals surface area contributed by atoms with Crippen LogP contribution in [-0.2, 0) is 6.61 Å². The largest absolute Gasteiger partial charge is 0.508 e. The van der Waals surface area contributed by atoms with Crippen LogP contribution >= 0.6 is 0 Å². The Morgan fingerprint density at radius 1 is 0.444 bits per heavy atom. The van der Waals surface area contributed by atoms with E-state index in [1.54, 1.807) is 43.5 Å². The van der Waals surface area contributed by atoms with Crippen molar-refractivity contribution in [1.82, 2.24) is 39.9 Å². The van der Waals surface area contributed by atoms with E-state index < -0.39 is 0 Å². The number of hydrogen-bond acceptors (Lipinski definition) is 8. The third-order valence-electron chi connectivity index (χ3n) is 9.21. The highest BCUT2D eigenvalue weighted by Gasteiger charge is 2.11. The number of hydrogen-bond donors (Lipinski definition) is 7. The van der Waals surface area contributed by atoms with Gasteiger partial charge in [0.05, 0.1) is 57.9 Å². The lowest BCUT2D eigenvalue weighted by Gasteiger charge is -1.99. The van der Waals surface area contributed by atoms with Crippen molar-refractivity contribution >= 4 is 44.1 Å². The first-order valence-corrected chi connectivity index (χ1v) is 17.1. The molecule has 0 saturated heterocycles. The van der Waals surface area contributed by atoms with E-state index in [2.05, 4.69) is 39.9 Å². The number of aromatic amines is 4. The predicted molar refractivity (Wildman–Crippen MR) is 209 cm³/mol. The van der Waals surface area contributed by atoms with E-state index in [1.165, 1.54) is 0 Å². The highest BCUT2D eigenvalue weighted by molar-refractivity contribution is 5.84. The molecule has 6 aromatic carbocycles. The maximum absolute atomic E-state index is 9.58. The first kappa shape index (κ1) is 32.5. The molecule has 0 aliphatic rings. The number of methoxy groups -OCH3 is 1. The zero-order valence-corrected chi connectivity index (χ0v) is 28.8. The highest BCUT2D eigenvalue weighted by Crippen LogP contribution is 2.29. The molecule has 0 unspecified atom stereocenters. The number of phenols is 2. The standard InChI is InChI=1S/C22H18N4O2.C20H14N4O2/c1-28-16-7-9-18-20(11-16)26-22(24-18)15-5-3-14(4-6-15)21-23-17-8-2-13(12-27)10-19(17)25-21;25-13-5-7-15-17(9-13)23-19(21-15)11-1-2-12(4-3-11)20-22-16-8-6-14(26)10-18(16)24-20/h2-11,27H,12H2,1H3,(H,23,25)(H,24,26);1-10,25-26H,(H,21,23)(H,22,24). The second-order valence-corrected chi connectivity index (χ2v) is 12.8. The summed E-state index contributed by atoms with van der Waals surface area (Å²) >= 11 is 0. The van der Waals surface area contributed by atoms with Gasteiger partial charge in [-0.25, -0.2) is 19.9 Å². The summed E-state index contributed by atoms with van der Waals surface area (Å²) in [7, 11) is 1.65. The van der Waals surface area contributed by atoms with Crippen LogP contribution in [0.4, 0.5) is 0 Å². The monoisotopic (exact) mass is 712 g/mol. The Hall–Kier alpha value is -7.44. The molecule has 264 valence electrons. The van der Waals surface area contributed by atoms with Crippen molar-refractivity contribution in [2.24, 2.45) is 0 Å². The molecule has 0 atom stereocenters. The van der Waals surface area contributed by atoms with Crippen LogP contribution < -0.4 is 4.74 Å². The van der Waals surface area contributed by atoms with Crippen LogP contribution in [0.2, 0.25) is 0 Å². The molecule has 0 saturated carbocycles. The van der Waals surface area contributed by atoms with Crippen LogP contribution in [0, 0.1) is 0 Å². The molecule has 4 aromatic heterocycles. The zero-order valence-electron chi connectivity index (χ0n) is 28.8. The van der Waals surface area contributed by atoms with Crippen LogP contribution in [0.1, 0.15) is 5.56 Å². The van der Waals surface area contributed by atoms with Gasteiger partial charge in [-0.15, -0.1) is 0 Å². The third kappa shape index (κ3) is 6.22. The molecule has 0 amide bonds. The van der Waals surface area contributed by atoms with E-state index in [9.17, 15) is 15.3 Å². The molecule has 10 aromatic rings. The molecule has 0 aliphatic carbocycles. The summed E-state index contributed by atoms with van der Waals surface area (Å²) in [6.45, 7) is 0.0162. The predicted octanol–water partition coefficient (Wildman–Crippen LogP) is 8.46. The average molecular weight is 713 g/mol. The Balaban J connectivity index is 0.000000143. The molecular formula is C42H32N8O4. The molecule has 0 aliphatic heterocycles. The molecular weight excluding hydrogens is 681 g/mol. The van der Waals surface area contributed by atoms with Crippen molar-refractivity contribution in [3.8, 4) is 62.8 Å². The number of ether oxygens (including phenoxy) is 1. The number of benzene rings is 6. The normalized spacial score (nSPS) is 11.4. The molecule has 12 nitrogen and oxygen atoms in total. The summed E-state index contributed by atoms with van der Waals surface area (Å²) in [5, 5.41) is 28.4. The van der Waals surface area contributed by atoms with E-state index in [-0.39, 0.29) is 18.1 Å². The first-order chi connectivity index (χ1) is 26.4. The summed E-state index contributed by atoms with van der Waals surface area (Å²) < 4.78 is 5.27. The van der Waals surface area contributed by atoms with Gasteiger partial charge in [0.2, 0.25) is 0 Å². The van der Waals surface area contributed by atoms with E-state index in [0.29, 0.717) is 0 Å². The van der Waals surface area contributed by atoms with Gasteiger partial charge in [-0.05, 0) is 54.1 Å². The van der Waals surface area contributed by atoms with Crippen molar-refractivity contribution in [3.05, 3.63) is 127 Å². The Labute approximate surface area is 306 Å². The number of aliphatic hydroxyl groups is 1. The van der Waals surface area contributed by atoms with Gasteiger partial charge in [0.1, 0.15) is 40.5 Å².